The minimum Gasteiger partial charge on any atom is -0.377 e. The summed E-state index contributed by atoms with van der Waals surface area (Å²) < 4.78 is 0. The summed E-state index contributed by atoms with van der Waals surface area (Å²) in [5.74, 6) is -2.46. The molecule has 2 atom stereocenters. The van der Waals surface area contributed by atoms with Crippen molar-refractivity contribution in [1.82, 2.24) is 0 Å². The van der Waals surface area contributed by atoms with Crippen molar-refractivity contribution in [3.8, 4) is 0 Å². The van der Waals surface area contributed by atoms with Crippen LogP contribution < -0.4 is 0 Å². The molecule has 0 bridgehead atoms. The number of hydrogen-bond acceptors (Lipinski definition) is 4. The Morgan fingerprint density at radius 2 is 1.64 bits per heavy atom. The van der Waals surface area contributed by atoms with Gasteiger partial charge in [0.1, 0.15) is 0 Å². The molecule has 0 amide bonds. The summed E-state index contributed by atoms with van der Waals surface area (Å²) in [4.78, 5) is 38.2. The summed E-state index contributed by atoms with van der Waals surface area (Å²) in [5.41, 5.74) is 0.260. The Morgan fingerprint density at radius 1 is 1.12 bits per heavy atom. The number of aliphatic hydroxyl groups is 1. The molecule has 1 aliphatic rings. The highest BCUT2D eigenvalue weighted by Crippen LogP contribution is 2.42. The van der Waals surface area contributed by atoms with Crippen LogP contribution in [0.1, 0.15) is 61.3 Å². The maximum Gasteiger partial charge on any atom is 0.173 e. The quantitative estimate of drug-likeness (QED) is 0.563. The molecule has 0 heterocycles. The largest absolute Gasteiger partial charge is 0.377 e. The molecule has 25 heavy (non-hydrogen) atoms. The van der Waals surface area contributed by atoms with E-state index in [-0.39, 0.29) is 35.7 Å². The Labute approximate surface area is 150 Å². The molecule has 0 radical (unpaired) electrons. The van der Waals surface area contributed by atoms with Crippen LogP contribution in [0.5, 0.6) is 0 Å². The number of ketones is 3. The monoisotopic (exact) mass is 346 g/mol. The van der Waals surface area contributed by atoms with Crippen molar-refractivity contribution in [2.45, 2.75) is 66.9 Å². The van der Waals surface area contributed by atoms with E-state index in [0.29, 0.717) is 0 Å². The van der Waals surface area contributed by atoms with Gasteiger partial charge < -0.3 is 5.11 Å². The van der Waals surface area contributed by atoms with Crippen LogP contribution in [0.25, 0.3) is 0 Å². The minimum atomic E-state index is -1.91. The van der Waals surface area contributed by atoms with Crippen LogP contribution in [-0.2, 0) is 14.4 Å². The molecule has 4 heteroatoms. The van der Waals surface area contributed by atoms with Crippen molar-refractivity contribution in [2.24, 2.45) is 11.8 Å². The number of allylic oxidation sites excluding steroid dienone is 5. The molecule has 0 unspecified atom stereocenters. The number of Topliss-reactive ketones (excluding diaryl/α,β-unsaturated/α-hetero) is 3. The van der Waals surface area contributed by atoms with E-state index in [4.69, 9.17) is 0 Å². The van der Waals surface area contributed by atoms with Gasteiger partial charge in [0.05, 0.1) is 11.5 Å². The molecule has 0 aromatic rings. The lowest BCUT2D eigenvalue weighted by Gasteiger charge is -2.29. The summed E-state index contributed by atoms with van der Waals surface area (Å²) in [6.45, 7) is 12.5. The zero-order valence-electron chi connectivity index (χ0n) is 16.4. The van der Waals surface area contributed by atoms with Crippen LogP contribution in [0.4, 0.5) is 0 Å². The van der Waals surface area contributed by atoms with Gasteiger partial charge in [0, 0.05) is 12.3 Å². The smallest absolute Gasteiger partial charge is 0.173 e. The molecule has 0 aliphatic heterocycles. The first kappa shape index (κ1) is 21.2. The van der Waals surface area contributed by atoms with Gasteiger partial charge in [-0.3, -0.25) is 14.4 Å². The Kier molecular flexibility index (Phi) is 6.83. The molecule has 0 aromatic heterocycles. The van der Waals surface area contributed by atoms with Crippen molar-refractivity contribution in [2.75, 3.05) is 0 Å². The van der Waals surface area contributed by atoms with Crippen molar-refractivity contribution in [1.29, 1.82) is 0 Å². The predicted molar refractivity (Wildman–Crippen MR) is 99.1 cm³/mol. The average Bonchev–Trinajstić information content (AvgIpc) is 2.69. The maximum absolute atomic E-state index is 12.9. The minimum absolute atomic E-state index is 0.00945. The Morgan fingerprint density at radius 3 is 2.08 bits per heavy atom. The summed E-state index contributed by atoms with van der Waals surface area (Å²) >= 11 is 0. The lowest BCUT2D eigenvalue weighted by molar-refractivity contribution is -0.141. The maximum atomic E-state index is 12.9. The number of carbonyl (C=O) groups is 3. The van der Waals surface area contributed by atoms with Gasteiger partial charge in [0.2, 0.25) is 0 Å². The van der Waals surface area contributed by atoms with Crippen LogP contribution in [0.15, 0.2) is 34.4 Å². The molecular weight excluding hydrogens is 316 g/mol. The van der Waals surface area contributed by atoms with Gasteiger partial charge in [0.15, 0.2) is 23.0 Å². The number of carbonyl (C=O) groups excluding carboxylic acids is 3. The highest BCUT2D eigenvalue weighted by Gasteiger charge is 2.55. The number of hydrogen-bond donors (Lipinski definition) is 1. The molecule has 1 aliphatic carbocycles. The first-order valence-electron chi connectivity index (χ1n) is 8.76. The van der Waals surface area contributed by atoms with E-state index < -0.39 is 23.1 Å². The van der Waals surface area contributed by atoms with E-state index in [2.05, 4.69) is 0 Å². The summed E-state index contributed by atoms with van der Waals surface area (Å²) in [5, 5.41) is 11.2. The lowest BCUT2D eigenvalue weighted by atomic mass is 9.79. The van der Waals surface area contributed by atoms with E-state index in [0.717, 1.165) is 11.1 Å². The predicted octanol–water partition coefficient (Wildman–Crippen LogP) is 3.74. The van der Waals surface area contributed by atoms with E-state index in [1.54, 1.807) is 19.9 Å². The van der Waals surface area contributed by atoms with Crippen molar-refractivity contribution in [3.63, 3.8) is 0 Å². The highest BCUT2D eigenvalue weighted by molar-refractivity contribution is 6.26. The van der Waals surface area contributed by atoms with Gasteiger partial charge in [-0.2, -0.15) is 0 Å². The Hall–Kier alpha value is -1.81. The second-order valence-electron chi connectivity index (χ2n) is 7.63. The summed E-state index contributed by atoms with van der Waals surface area (Å²) in [7, 11) is 0. The fourth-order valence-corrected chi connectivity index (χ4v) is 3.08. The molecule has 0 saturated carbocycles. The van der Waals surface area contributed by atoms with Crippen molar-refractivity contribution >= 4 is 17.3 Å². The average molecular weight is 346 g/mol. The van der Waals surface area contributed by atoms with Gasteiger partial charge in [-0.25, -0.2) is 0 Å². The standard InChI is InChI=1S/C21H30O4/c1-12(2)8-10-16-20(24)18(19(23)14(5)6)15(7)21(16,25)17(22)11-9-13(3)4/h8-9,14,16,25H,10-11H2,1-7H3/t16-,21+/m1/s1. The van der Waals surface area contributed by atoms with Crippen LogP contribution in [-0.4, -0.2) is 28.1 Å². The lowest BCUT2D eigenvalue weighted by Crippen LogP contribution is -2.45. The zero-order valence-corrected chi connectivity index (χ0v) is 16.4. The highest BCUT2D eigenvalue weighted by atomic mass is 16.3. The Bertz CT molecular complexity index is 668. The van der Waals surface area contributed by atoms with E-state index in [9.17, 15) is 19.5 Å². The molecular formula is C21H30O4. The molecule has 1 N–H and O–H groups in total. The second-order valence-corrected chi connectivity index (χ2v) is 7.63. The van der Waals surface area contributed by atoms with Gasteiger partial charge in [0.25, 0.3) is 0 Å². The van der Waals surface area contributed by atoms with Gasteiger partial charge in [-0.15, -0.1) is 0 Å². The third-order valence-electron chi connectivity index (χ3n) is 4.67. The number of rotatable bonds is 7. The summed E-state index contributed by atoms with van der Waals surface area (Å²) in [6, 6.07) is 0. The molecule has 0 spiro atoms. The first-order chi connectivity index (χ1) is 11.4. The molecule has 0 saturated heterocycles. The van der Waals surface area contributed by atoms with Gasteiger partial charge in [-0.1, -0.05) is 37.1 Å². The van der Waals surface area contributed by atoms with Crippen molar-refractivity contribution in [3.05, 3.63) is 34.4 Å². The van der Waals surface area contributed by atoms with Crippen LogP contribution in [0.3, 0.4) is 0 Å². The topological polar surface area (TPSA) is 71.4 Å². The van der Waals surface area contributed by atoms with Gasteiger partial charge >= 0.3 is 0 Å². The summed E-state index contributed by atoms with van der Waals surface area (Å²) in [6.07, 6.45) is 3.85. The van der Waals surface area contributed by atoms with Crippen LogP contribution in [0, 0.1) is 11.8 Å². The molecule has 4 nitrogen and oxygen atoms in total. The fourth-order valence-electron chi connectivity index (χ4n) is 3.08. The van der Waals surface area contributed by atoms with Crippen molar-refractivity contribution < 1.29 is 19.5 Å². The normalized spacial score (nSPS) is 23.1. The van der Waals surface area contributed by atoms with E-state index >= 15 is 0 Å². The fraction of sp³-hybridized carbons (Fsp3) is 0.571. The second kappa shape index (κ2) is 8.05. The first-order valence-corrected chi connectivity index (χ1v) is 8.76. The molecule has 0 fully saturated rings. The zero-order chi connectivity index (χ0) is 19.5. The van der Waals surface area contributed by atoms with E-state index in [1.165, 1.54) is 6.92 Å². The third-order valence-corrected chi connectivity index (χ3v) is 4.67. The van der Waals surface area contributed by atoms with Crippen LogP contribution in [0.2, 0.25) is 0 Å². The SMILES string of the molecule is CC(C)=CCC(=O)[C@]1(O)C(C)=C(C(=O)C(C)C)C(=O)[C@H]1CC=C(C)C. The molecule has 138 valence electrons. The van der Waals surface area contributed by atoms with Crippen LogP contribution >= 0.6 is 0 Å². The van der Waals surface area contributed by atoms with E-state index in [1.807, 2.05) is 33.8 Å². The third kappa shape index (κ3) is 4.24. The molecule has 1 rings (SSSR count). The molecule has 0 aromatic carbocycles. The Balaban J connectivity index is 3.45. The van der Waals surface area contributed by atoms with Gasteiger partial charge in [-0.05, 0) is 46.6 Å².